The van der Waals surface area contributed by atoms with Gasteiger partial charge >= 0.3 is 5.97 Å². The van der Waals surface area contributed by atoms with Crippen LogP contribution >= 0.6 is 0 Å². The second kappa shape index (κ2) is 3.77. The van der Waals surface area contributed by atoms with Gasteiger partial charge in [-0.2, -0.15) is 0 Å². The Hall–Kier alpha value is -1.05. The first kappa shape index (κ1) is 10.0. The molecule has 0 radical (unpaired) electrons. The maximum Gasteiger partial charge on any atom is 0.335 e. The van der Waals surface area contributed by atoms with E-state index in [0.29, 0.717) is 23.3 Å². The molecular formula is C11H16O2. The first-order chi connectivity index (χ1) is 6.02. The summed E-state index contributed by atoms with van der Waals surface area (Å²) in [6.07, 6.45) is 5.55. The van der Waals surface area contributed by atoms with Crippen molar-refractivity contribution < 1.29 is 9.90 Å². The summed E-state index contributed by atoms with van der Waals surface area (Å²) in [5.41, 5.74) is 0.428. The largest absolute Gasteiger partial charge is 0.478 e. The van der Waals surface area contributed by atoms with E-state index in [1.807, 2.05) is 12.2 Å². The molecule has 0 amide bonds. The third kappa shape index (κ3) is 2.20. The number of rotatable bonds is 2. The third-order valence-corrected chi connectivity index (χ3v) is 2.58. The highest BCUT2D eigenvalue weighted by molar-refractivity contribution is 5.90. The lowest BCUT2D eigenvalue weighted by atomic mass is 9.80. The molecule has 1 aliphatic carbocycles. The molecule has 1 aliphatic rings. The molecule has 0 bridgehead atoms. The van der Waals surface area contributed by atoms with Crippen LogP contribution in [0, 0.1) is 17.8 Å². The minimum atomic E-state index is -0.825. The maximum atomic E-state index is 10.7. The molecule has 0 spiro atoms. The zero-order valence-corrected chi connectivity index (χ0v) is 8.32. The van der Waals surface area contributed by atoms with Crippen LogP contribution in [0.4, 0.5) is 0 Å². The number of allylic oxidation sites excluding steroid dienone is 2. The maximum absolute atomic E-state index is 10.7. The fourth-order valence-corrected chi connectivity index (χ4v) is 1.74. The van der Waals surface area contributed by atoms with Gasteiger partial charge in [-0.3, -0.25) is 0 Å². The minimum Gasteiger partial charge on any atom is -0.478 e. The van der Waals surface area contributed by atoms with Crippen molar-refractivity contribution in [2.24, 2.45) is 17.8 Å². The first-order valence-electron chi connectivity index (χ1n) is 4.65. The van der Waals surface area contributed by atoms with Gasteiger partial charge in [0.1, 0.15) is 0 Å². The van der Waals surface area contributed by atoms with Gasteiger partial charge in [0.25, 0.3) is 0 Å². The van der Waals surface area contributed by atoms with Crippen molar-refractivity contribution >= 4 is 5.97 Å². The second-order valence-corrected chi connectivity index (χ2v) is 3.97. The standard InChI is InChI=1S/C11H16O2/c1-7(2)10-6-9(11(12)13)5-4-8(10)3/h4-8,10H,1-3H3,(H,12,13). The number of carboxylic acids is 1. The molecule has 0 aromatic carbocycles. The number of carboxylic acid groups (broad SMARTS) is 1. The van der Waals surface area contributed by atoms with Gasteiger partial charge in [-0.15, -0.1) is 0 Å². The van der Waals surface area contributed by atoms with E-state index in [1.165, 1.54) is 0 Å². The average Bonchev–Trinajstić information content (AvgIpc) is 2.04. The zero-order chi connectivity index (χ0) is 10.0. The Labute approximate surface area is 79.0 Å². The van der Waals surface area contributed by atoms with E-state index in [4.69, 9.17) is 5.11 Å². The molecule has 0 heterocycles. The van der Waals surface area contributed by atoms with Gasteiger partial charge in [-0.05, 0) is 17.8 Å². The van der Waals surface area contributed by atoms with E-state index >= 15 is 0 Å². The summed E-state index contributed by atoms with van der Waals surface area (Å²) < 4.78 is 0. The predicted octanol–water partition coefficient (Wildman–Crippen LogP) is 2.48. The molecule has 0 saturated carbocycles. The second-order valence-electron chi connectivity index (χ2n) is 3.97. The van der Waals surface area contributed by atoms with Crippen molar-refractivity contribution in [1.29, 1.82) is 0 Å². The van der Waals surface area contributed by atoms with Crippen LogP contribution in [0.5, 0.6) is 0 Å². The molecule has 2 heteroatoms. The van der Waals surface area contributed by atoms with Crippen molar-refractivity contribution in [2.45, 2.75) is 20.8 Å². The Bertz CT molecular complexity index is 261. The smallest absolute Gasteiger partial charge is 0.335 e. The summed E-state index contributed by atoms with van der Waals surface area (Å²) in [6, 6.07) is 0. The summed E-state index contributed by atoms with van der Waals surface area (Å²) in [7, 11) is 0. The normalized spacial score (nSPS) is 27.5. The van der Waals surface area contributed by atoms with E-state index in [9.17, 15) is 4.79 Å². The van der Waals surface area contributed by atoms with E-state index in [2.05, 4.69) is 20.8 Å². The molecule has 0 fully saturated rings. The van der Waals surface area contributed by atoms with Crippen molar-refractivity contribution in [3.05, 3.63) is 23.8 Å². The highest BCUT2D eigenvalue weighted by Gasteiger charge is 2.21. The van der Waals surface area contributed by atoms with Crippen molar-refractivity contribution in [2.75, 3.05) is 0 Å². The molecule has 0 aliphatic heterocycles. The summed E-state index contributed by atoms with van der Waals surface area (Å²) in [5, 5.41) is 8.80. The summed E-state index contributed by atoms with van der Waals surface area (Å²) in [6.45, 7) is 6.36. The topological polar surface area (TPSA) is 37.3 Å². The van der Waals surface area contributed by atoms with Crippen LogP contribution in [0.15, 0.2) is 23.8 Å². The van der Waals surface area contributed by atoms with E-state index in [0.717, 1.165) is 0 Å². The average molecular weight is 180 g/mol. The van der Waals surface area contributed by atoms with Crippen molar-refractivity contribution in [3.8, 4) is 0 Å². The Morgan fingerprint density at radius 2 is 2.15 bits per heavy atom. The summed E-state index contributed by atoms with van der Waals surface area (Å²) in [4.78, 5) is 10.7. The third-order valence-electron chi connectivity index (χ3n) is 2.58. The first-order valence-corrected chi connectivity index (χ1v) is 4.65. The Morgan fingerprint density at radius 3 is 2.62 bits per heavy atom. The van der Waals surface area contributed by atoms with Crippen LogP contribution in [0.25, 0.3) is 0 Å². The van der Waals surface area contributed by atoms with E-state index in [-0.39, 0.29) is 0 Å². The van der Waals surface area contributed by atoms with Crippen LogP contribution in [-0.4, -0.2) is 11.1 Å². The number of hydrogen-bond donors (Lipinski definition) is 1. The van der Waals surface area contributed by atoms with Gasteiger partial charge < -0.3 is 5.11 Å². The van der Waals surface area contributed by atoms with Crippen molar-refractivity contribution in [1.82, 2.24) is 0 Å². The van der Waals surface area contributed by atoms with Gasteiger partial charge in [0.15, 0.2) is 0 Å². The Morgan fingerprint density at radius 1 is 1.54 bits per heavy atom. The molecule has 72 valence electrons. The van der Waals surface area contributed by atoms with E-state index in [1.54, 1.807) is 6.08 Å². The molecule has 1 rings (SSSR count). The number of hydrogen-bond acceptors (Lipinski definition) is 1. The predicted molar refractivity (Wildman–Crippen MR) is 52.4 cm³/mol. The molecule has 0 saturated heterocycles. The molecule has 0 aromatic heterocycles. The molecular weight excluding hydrogens is 164 g/mol. The molecule has 2 nitrogen and oxygen atoms in total. The van der Waals surface area contributed by atoms with Gasteiger partial charge in [-0.25, -0.2) is 4.79 Å². The van der Waals surface area contributed by atoms with Crippen molar-refractivity contribution in [3.63, 3.8) is 0 Å². The SMILES string of the molecule is CC(C)C1C=C(C(=O)O)C=CC1C. The van der Waals surface area contributed by atoms with Gasteiger partial charge in [-0.1, -0.05) is 39.0 Å². The zero-order valence-electron chi connectivity index (χ0n) is 8.32. The number of aliphatic carboxylic acids is 1. The lowest BCUT2D eigenvalue weighted by molar-refractivity contribution is -0.132. The van der Waals surface area contributed by atoms with Gasteiger partial charge in [0, 0.05) is 0 Å². The fourth-order valence-electron chi connectivity index (χ4n) is 1.74. The van der Waals surface area contributed by atoms with Crippen LogP contribution in [0.1, 0.15) is 20.8 Å². The van der Waals surface area contributed by atoms with Gasteiger partial charge in [0.2, 0.25) is 0 Å². The molecule has 2 unspecified atom stereocenters. The van der Waals surface area contributed by atoms with Crippen LogP contribution in [-0.2, 0) is 4.79 Å². The minimum absolute atomic E-state index is 0.357. The van der Waals surface area contributed by atoms with E-state index < -0.39 is 5.97 Å². The number of carbonyl (C=O) groups is 1. The highest BCUT2D eigenvalue weighted by Crippen LogP contribution is 2.28. The van der Waals surface area contributed by atoms with Crippen LogP contribution in [0.3, 0.4) is 0 Å². The fraction of sp³-hybridized carbons (Fsp3) is 0.545. The lowest BCUT2D eigenvalue weighted by Crippen LogP contribution is -2.18. The molecule has 0 aromatic rings. The Balaban J connectivity index is 2.86. The molecule has 2 atom stereocenters. The molecule has 1 N–H and O–H groups in total. The monoisotopic (exact) mass is 180 g/mol. The quantitative estimate of drug-likeness (QED) is 0.708. The highest BCUT2D eigenvalue weighted by atomic mass is 16.4. The summed E-state index contributed by atoms with van der Waals surface area (Å²) in [5.74, 6) is 0.474. The molecule has 13 heavy (non-hydrogen) atoms. The van der Waals surface area contributed by atoms with Gasteiger partial charge in [0.05, 0.1) is 5.57 Å². The lowest BCUT2D eigenvalue weighted by Gasteiger charge is -2.25. The van der Waals surface area contributed by atoms with Crippen LogP contribution < -0.4 is 0 Å². The Kier molecular flexibility index (Phi) is 2.91. The van der Waals surface area contributed by atoms with Crippen LogP contribution in [0.2, 0.25) is 0 Å². The summed E-state index contributed by atoms with van der Waals surface area (Å²) >= 11 is 0.